The van der Waals surface area contributed by atoms with E-state index in [2.05, 4.69) is 0 Å². The van der Waals surface area contributed by atoms with E-state index < -0.39 is 0 Å². The molecule has 0 saturated heterocycles. The van der Waals surface area contributed by atoms with Gasteiger partial charge in [-0.05, 0) is 54.8 Å². The van der Waals surface area contributed by atoms with E-state index in [-0.39, 0.29) is 5.91 Å². The summed E-state index contributed by atoms with van der Waals surface area (Å²) in [6.45, 7) is 0.594. The van der Waals surface area contributed by atoms with Gasteiger partial charge in [0.05, 0.1) is 0 Å². The average molecular weight is 301 g/mol. The molecule has 21 heavy (non-hydrogen) atoms. The summed E-state index contributed by atoms with van der Waals surface area (Å²) < 4.78 is 0. The molecular weight excluding hydrogens is 284 g/mol. The number of carbonyl (C=O) groups excluding carboxylic acids is 1. The van der Waals surface area contributed by atoms with Crippen LogP contribution in [0.1, 0.15) is 28.8 Å². The van der Waals surface area contributed by atoms with Gasteiger partial charge in [-0.3, -0.25) is 4.79 Å². The first-order valence-electron chi connectivity index (χ1n) is 7.04. The van der Waals surface area contributed by atoms with Gasteiger partial charge in [0.1, 0.15) is 0 Å². The van der Waals surface area contributed by atoms with Crippen LogP contribution in [0.15, 0.2) is 48.5 Å². The average Bonchev–Trinajstić information content (AvgIpc) is 3.29. The van der Waals surface area contributed by atoms with Crippen LogP contribution in [0.25, 0.3) is 0 Å². The van der Waals surface area contributed by atoms with Crippen molar-refractivity contribution in [3.05, 3.63) is 64.7 Å². The highest BCUT2D eigenvalue weighted by atomic mass is 35.5. The highest BCUT2D eigenvalue weighted by molar-refractivity contribution is 6.30. The minimum atomic E-state index is 0.0524. The predicted molar refractivity (Wildman–Crippen MR) is 85.2 cm³/mol. The molecule has 2 N–H and O–H groups in total. The lowest BCUT2D eigenvalue weighted by atomic mass is 10.1. The Morgan fingerprint density at radius 3 is 2.52 bits per heavy atom. The Bertz CT molecular complexity index is 650. The fourth-order valence-corrected chi connectivity index (χ4v) is 2.53. The minimum Gasteiger partial charge on any atom is -0.399 e. The molecule has 0 radical (unpaired) electrons. The van der Waals surface area contributed by atoms with Gasteiger partial charge in [0.15, 0.2) is 0 Å². The summed E-state index contributed by atoms with van der Waals surface area (Å²) in [5.41, 5.74) is 8.27. The van der Waals surface area contributed by atoms with Gasteiger partial charge < -0.3 is 10.6 Å². The molecule has 3 rings (SSSR count). The highest BCUT2D eigenvalue weighted by Gasteiger charge is 2.33. The highest BCUT2D eigenvalue weighted by Crippen LogP contribution is 2.30. The largest absolute Gasteiger partial charge is 0.399 e. The summed E-state index contributed by atoms with van der Waals surface area (Å²) >= 11 is 5.88. The molecule has 4 heteroatoms. The predicted octanol–water partition coefficient (Wildman–Crippen LogP) is 3.73. The molecule has 1 amide bonds. The number of rotatable bonds is 4. The standard InChI is InChI=1S/C17H17ClN2O/c18-14-6-4-13(5-7-14)17(21)20(16-8-9-16)11-12-2-1-3-15(19)10-12/h1-7,10,16H,8-9,11,19H2. The van der Waals surface area contributed by atoms with Crippen molar-refractivity contribution in [2.45, 2.75) is 25.4 Å². The maximum atomic E-state index is 12.7. The van der Waals surface area contributed by atoms with Crippen LogP contribution in [0.2, 0.25) is 5.02 Å². The van der Waals surface area contributed by atoms with Crippen molar-refractivity contribution < 1.29 is 4.79 Å². The molecule has 1 aliphatic rings. The topological polar surface area (TPSA) is 46.3 Å². The van der Waals surface area contributed by atoms with Gasteiger partial charge in [0.25, 0.3) is 5.91 Å². The van der Waals surface area contributed by atoms with E-state index in [1.165, 1.54) is 0 Å². The molecule has 2 aromatic carbocycles. The zero-order valence-electron chi connectivity index (χ0n) is 11.6. The number of amides is 1. The van der Waals surface area contributed by atoms with Crippen molar-refractivity contribution in [1.29, 1.82) is 0 Å². The third kappa shape index (κ3) is 3.37. The fraction of sp³-hybridized carbons (Fsp3) is 0.235. The number of hydrogen-bond acceptors (Lipinski definition) is 2. The van der Waals surface area contributed by atoms with E-state index in [0.29, 0.717) is 23.2 Å². The number of nitrogens with zero attached hydrogens (tertiary/aromatic N) is 1. The molecule has 3 nitrogen and oxygen atoms in total. The second kappa shape index (κ2) is 5.78. The van der Waals surface area contributed by atoms with Crippen LogP contribution in [-0.4, -0.2) is 16.8 Å². The summed E-state index contributed by atoms with van der Waals surface area (Å²) in [6, 6.07) is 15.1. The molecule has 1 fully saturated rings. The maximum absolute atomic E-state index is 12.7. The van der Waals surface area contributed by atoms with Crippen molar-refractivity contribution in [3.63, 3.8) is 0 Å². The molecule has 0 heterocycles. The van der Waals surface area contributed by atoms with E-state index in [1.807, 2.05) is 29.2 Å². The monoisotopic (exact) mass is 300 g/mol. The Morgan fingerprint density at radius 2 is 1.90 bits per heavy atom. The van der Waals surface area contributed by atoms with Gasteiger partial charge >= 0.3 is 0 Å². The van der Waals surface area contributed by atoms with E-state index in [4.69, 9.17) is 17.3 Å². The van der Waals surface area contributed by atoms with Gasteiger partial charge in [0, 0.05) is 28.9 Å². The molecule has 0 spiro atoms. The number of nitrogen functional groups attached to an aromatic ring is 1. The van der Waals surface area contributed by atoms with Crippen molar-refractivity contribution in [1.82, 2.24) is 4.90 Å². The third-order valence-corrected chi connectivity index (χ3v) is 3.90. The van der Waals surface area contributed by atoms with Crippen LogP contribution in [-0.2, 0) is 6.54 Å². The van der Waals surface area contributed by atoms with Crippen LogP contribution in [0.5, 0.6) is 0 Å². The Kier molecular flexibility index (Phi) is 3.84. The summed E-state index contributed by atoms with van der Waals surface area (Å²) in [4.78, 5) is 14.6. The molecular formula is C17H17ClN2O. The maximum Gasteiger partial charge on any atom is 0.254 e. The summed E-state index contributed by atoms with van der Waals surface area (Å²) in [7, 11) is 0. The van der Waals surface area contributed by atoms with Crippen LogP contribution in [0, 0.1) is 0 Å². The first-order valence-corrected chi connectivity index (χ1v) is 7.42. The molecule has 0 aliphatic heterocycles. The first kappa shape index (κ1) is 14.0. The van der Waals surface area contributed by atoms with Crippen molar-refractivity contribution in [2.75, 3.05) is 5.73 Å². The number of carbonyl (C=O) groups is 1. The summed E-state index contributed by atoms with van der Waals surface area (Å²) in [5, 5.41) is 0.639. The van der Waals surface area contributed by atoms with Crippen LogP contribution >= 0.6 is 11.6 Å². The van der Waals surface area contributed by atoms with Gasteiger partial charge in [-0.25, -0.2) is 0 Å². The number of hydrogen-bond donors (Lipinski definition) is 1. The minimum absolute atomic E-state index is 0.0524. The van der Waals surface area contributed by atoms with Crippen LogP contribution in [0.4, 0.5) is 5.69 Å². The molecule has 0 atom stereocenters. The zero-order chi connectivity index (χ0) is 14.8. The Morgan fingerprint density at radius 1 is 1.19 bits per heavy atom. The third-order valence-electron chi connectivity index (χ3n) is 3.64. The molecule has 0 aromatic heterocycles. The lowest BCUT2D eigenvalue weighted by molar-refractivity contribution is 0.0730. The fourth-order valence-electron chi connectivity index (χ4n) is 2.40. The molecule has 0 unspecified atom stereocenters. The number of anilines is 1. The van der Waals surface area contributed by atoms with Gasteiger partial charge in [0.2, 0.25) is 0 Å². The van der Waals surface area contributed by atoms with Crippen molar-refractivity contribution in [3.8, 4) is 0 Å². The second-order valence-electron chi connectivity index (χ2n) is 5.42. The first-order chi connectivity index (χ1) is 10.1. The van der Waals surface area contributed by atoms with E-state index in [0.717, 1.165) is 24.1 Å². The molecule has 0 bridgehead atoms. The van der Waals surface area contributed by atoms with Crippen molar-refractivity contribution in [2.24, 2.45) is 0 Å². The Hall–Kier alpha value is -2.00. The van der Waals surface area contributed by atoms with Crippen molar-refractivity contribution >= 4 is 23.2 Å². The second-order valence-corrected chi connectivity index (χ2v) is 5.85. The van der Waals surface area contributed by atoms with Gasteiger partial charge in [-0.15, -0.1) is 0 Å². The quantitative estimate of drug-likeness (QED) is 0.875. The molecule has 1 aliphatic carbocycles. The lowest BCUT2D eigenvalue weighted by Gasteiger charge is -2.23. The number of nitrogens with two attached hydrogens (primary N) is 1. The van der Waals surface area contributed by atoms with Gasteiger partial charge in [-0.1, -0.05) is 23.7 Å². The Balaban J connectivity index is 1.81. The van der Waals surface area contributed by atoms with Crippen LogP contribution < -0.4 is 5.73 Å². The van der Waals surface area contributed by atoms with E-state index >= 15 is 0 Å². The summed E-state index contributed by atoms with van der Waals surface area (Å²) in [5.74, 6) is 0.0524. The van der Waals surface area contributed by atoms with Gasteiger partial charge in [-0.2, -0.15) is 0 Å². The molecule has 1 saturated carbocycles. The van der Waals surface area contributed by atoms with E-state index in [1.54, 1.807) is 24.3 Å². The lowest BCUT2D eigenvalue weighted by Crippen LogP contribution is -2.32. The SMILES string of the molecule is Nc1cccc(CN(C(=O)c2ccc(Cl)cc2)C2CC2)c1. The number of benzene rings is 2. The zero-order valence-corrected chi connectivity index (χ0v) is 12.4. The normalized spacial score (nSPS) is 14.0. The summed E-state index contributed by atoms with van der Waals surface area (Å²) in [6.07, 6.45) is 2.14. The smallest absolute Gasteiger partial charge is 0.254 e. The van der Waals surface area contributed by atoms with E-state index in [9.17, 15) is 4.79 Å². The number of halogens is 1. The Labute approximate surface area is 129 Å². The molecule has 2 aromatic rings. The molecule has 108 valence electrons. The van der Waals surface area contributed by atoms with Crippen LogP contribution in [0.3, 0.4) is 0 Å².